The molecule has 0 N–H and O–H groups in total. The molecule has 0 aromatic heterocycles. The van der Waals surface area contributed by atoms with Crippen LogP contribution in [-0.2, 0) is 16.4 Å². The van der Waals surface area contributed by atoms with Crippen molar-refractivity contribution in [2.24, 2.45) is 0 Å². The van der Waals surface area contributed by atoms with Gasteiger partial charge in [-0.1, -0.05) is 29.8 Å². The Labute approximate surface area is 169 Å². The van der Waals surface area contributed by atoms with Crippen LogP contribution in [-0.4, -0.2) is 50.0 Å². The number of amides is 2. The molecule has 2 aromatic carbocycles. The van der Waals surface area contributed by atoms with Gasteiger partial charge in [0.15, 0.2) is 9.84 Å². The van der Waals surface area contributed by atoms with Crippen molar-refractivity contribution in [1.82, 2.24) is 4.90 Å². The molecule has 4 rings (SSSR count). The normalized spacial score (nSPS) is 23.2. The zero-order valence-corrected chi connectivity index (χ0v) is 17.2. The molecule has 8 heteroatoms. The summed E-state index contributed by atoms with van der Waals surface area (Å²) in [6, 6.07) is 11.8. The van der Waals surface area contributed by atoms with Gasteiger partial charge in [0, 0.05) is 17.3 Å². The fourth-order valence-corrected chi connectivity index (χ4v) is 6.09. The number of ether oxygens (including phenoxy) is 1. The second kappa shape index (κ2) is 6.97. The lowest BCUT2D eigenvalue weighted by atomic mass is 10.1. The number of hydrogen-bond donors (Lipinski definition) is 0. The lowest BCUT2D eigenvalue weighted by molar-refractivity contribution is 0.206. The zero-order chi connectivity index (χ0) is 20.1. The van der Waals surface area contributed by atoms with Crippen molar-refractivity contribution in [3.05, 3.63) is 58.6 Å². The first kappa shape index (κ1) is 19.1. The number of sulfone groups is 1. The molecule has 0 bridgehead atoms. The Morgan fingerprint density at radius 3 is 2.61 bits per heavy atom. The Balaban J connectivity index is 1.71. The van der Waals surface area contributed by atoms with Crippen LogP contribution in [0.1, 0.15) is 11.1 Å². The third kappa shape index (κ3) is 3.33. The predicted octanol–water partition coefficient (Wildman–Crippen LogP) is 3.26. The van der Waals surface area contributed by atoms with Crippen LogP contribution >= 0.6 is 11.6 Å². The third-order valence-electron chi connectivity index (χ3n) is 5.40. The van der Waals surface area contributed by atoms with E-state index in [0.717, 1.165) is 11.1 Å². The van der Waals surface area contributed by atoms with Gasteiger partial charge in [0.05, 0.1) is 30.7 Å². The SMILES string of the molecule is COc1cccc(CN2C(=O)N(c3ccc(C)c(Cl)c3)[C@@H]3CS(=O)(=O)C[C@H]32)c1. The van der Waals surface area contributed by atoms with Gasteiger partial charge >= 0.3 is 6.03 Å². The summed E-state index contributed by atoms with van der Waals surface area (Å²) in [4.78, 5) is 16.5. The summed E-state index contributed by atoms with van der Waals surface area (Å²) in [5.74, 6) is 0.634. The minimum Gasteiger partial charge on any atom is -0.497 e. The summed E-state index contributed by atoms with van der Waals surface area (Å²) >= 11 is 6.25. The number of methoxy groups -OCH3 is 1. The molecular weight excluding hydrogens is 400 g/mol. The maximum atomic E-state index is 13.3. The molecule has 0 spiro atoms. The highest BCUT2D eigenvalue weighted by Crippen LogP contribution is 2.37. The van der Waals surface area contributed by atoms with E-state index in [1.54, 1.807) is 23.0 Å². The first-order chi connectivity index (χ1) is 13.3. The van der Waals surface area contributed by atoms with Gasteiger partial charge in [0.2, 0.25) is 0 Å². The van der Waals surface area contributed by atoms with Gasteiger partial charge in [0.1, 0.15) is 5.75 Å². The van der Waals surface area contributed by atoms with Crippen molar-refractivity contribution in [2.45, 2.75) is 25.6 Å². The smallest absolute Gasteiger partial charge is 0.325 e. The van der Waals surface area contributed by atoms with E-state index in [1.807, 2.05) is 43.3 Å². The summed E-state index contributed by atoms with van der Waals surface area (Å²) in [5, 5.41) is 0.550. The quantitative estimate of drug-likeness (QED) is 0.712. The summed E-state index contributed by atoms with van der Waals surface area (Å²) in [6.45, 7) is 2.21. The molecule has 2 aliphatic rings. The van der Waals surface area contributed by atoms with Gasteiger partial charge in [-0.3, -0.25) is 4.90 Å². The highest BCUT2D eigenvalue weighted by molar-refractivity contribution is 7.91. The molecule has 0 radical (unpaired) electrons. The van der Waals surface area contributed by atoms with Gasteiger partial charge < -0.3 is 9.64 Å². The zero-order valence-electron chi connectivity index (χ0n) is 15.6. The van der Waals surface area contributed by atoms with E-state index >= 15 is 0 Å². The van der Waals surface area contributed by atoms with Crippen molar-refractivity contribution < 1.29 is 17.9 Å². The molecular formula is C20H21ClN2O4S. The van der Waals surface area contributed by atoms with Crippen LogP contribution in [0.25, 0.3) is 0 Å². The fourth-order valence-electron chi connectivity index (χ4n) is 3.96. The first-order valence-electron chi connectivity index (χ1n) is 8.98. The summed E-state index contributed by atoms with van der Waals surface area (Å²) < 4.78 is 29.9. The Morgan fingerprint density at radius 2 is 1.89 bits per heavy atom. The van der Waals surface area contributed by atoms with E-state index in [9.17, 15) is 13.2 Å². The number of anilines is 1. The third-order valence-corrected chi connectivity index (χ3v) is 7.50. The molecule has 2 aromatic rings. The predicted molar refractivity (Wildman–Crippen MR) is 109 cm³/mol. The number of nitrogens with zero attached hydrogens (tertiary/aromatic N) is 2. The summed E-state index contributed by atoms with van der Waals surface area (Å²) in [7, 11) is -1.63. The Bertz CT molecular complexity index is 1040. The second-order valence-electron chi connectivity index (χ2n) is 7.28. The number of urea groups is 1. The number of halogens is 1. The lowest BCUT2D eigenvalue weighted by Crippen LogP contribution is -2.37. The van der Waals surface area contributed by atoms with E-state index in [0.29, 0.717) is 23.0 Å². The van der Waals surface area contributed by atoms with Gasteiger partial charge in [-0.2, -0.15) is 0 Å². The standard InChI is InChI=1S/C20H21ClN2O4S/c1-13-6-7-15(9-17(13)21)23-19-12-28(25,26)11-18(19)22(20(23)24)10-14-4-3-5-16(8-14)27-2/h3-9,18-19H,10-12H2,1-2H3/t18-,19-/m1/s1. The summed E-state index contributed by atoms with van der Waals surface area (Å²) in [5.41, 5.74) is 2.42. The average Bonchev–Trinajstić information content (AvgIpc) is 3.08. The fraction of sp³-hybridized carbons (Fsp3) is 0.350. The number of benzene rings is 2. The first-order valence-corrected chi connectivity index (χ1v) is 11.2. The highest BCUT2D eigenvalue weighted by Gasteiger charge is 2.53. The van der Waals surface area contributed by atoms with Crippen LogP contribution in [0, 0.1) is 6.92 Å². The molecule has 0 saturated carbocycles. The molecule has 6 nitrogen and oxygen atoms in total. The highest BCUT2D eigenvalue weighted by atomic mass is 35.5. The summed E-state index contributed by atoms with van der Waals surface area (Å²) in [6.07, 6.45) is 0. The van der Waals surface area contributed by atoms with Gasteiger partial charge in [0.25, 0.3) is 0 Å². The number of hydrogen-bond acceptors (Lipinski definition) is 4. The van der Waals surface area contributed by atoms with Crippen molar-refractivity contribution in [1.29, 1.82) is 0 Å². The number of fused-ring (bicyclic) bond motifs is 1. The van der Waals surface area contributed by atoms with Crippen molar-refractivity contribution >= 4 is 33.2 Å². The van der Waals surface area contributed by atoms with Crippen molar-refractivity contribution in [3.8, 4) is 5.75 Å². The second-order valence-corrected chi connectivity index (χ2v) is 9.84. The van der Waals surface area contributed by atoms with E-state index in [4.69, 9.17) is 16.3 Å². The van der Waals surface area contributed by atoms with E-state index < -0.39 is 15.9 Å². The molecule has 2 heterocycles. The topological polar surface area (TPSA) is 66.9 Å². The average molecular weight is 421 g/mol. The van der Waals surface area contributed by atoms with E-state index in [2.05, 4.69) is 0 Å². The number of carbonyl (C=O) groups excluding carboxylic acids is 1. The number of aryl methyl sites for hydroxylation is 1. The Morgan fingerprint density at radius 1 is 1.14 bits per heavy atom. The van der Waals surface area contributed by atoms with Crippen LogP contribution in [0.15, 0.2) is 42.5 Å². The number of carbonyl (C=O) groups is 1. The van der Waals surface area contributed by atoms with Crippen LogP contribution in [0.2, 0.25) is 5.02 Å². The molecule has 2 aliphatic heterocycles. The van der Waals surface area contributed by atoms with Crippen molar-refractivity contribution in [3.63, 3.8) is 0 Å². The van der Waals surface area contributed by atoms with Gasteiger partial charge in [-0.05, 0) is 42.3 Å². The Kier molecular flexibility index (Phi) is 4.75. The molecule has 2 saturated heterocycles. The van der Waals surface area contributed by atoms with Gasteiger partial charge in [-0.15, -0.1) is 0 Å². The van der Waals surface area contributed by atoms with E-state index in [1.165, 1.54) is 0 Å². The lowest BCUT2D eigenvalue weighted by Gasteiger charge is -2.23. The van der Waals surface area contributed by atoms with Gasteiger partial charge in [-0.25, -0.2) is 13.2 Å². The molecule has 148 valence electrons. The molecule has 0 unspecified atom stereocenters. The molecule has 2 fully saturated rings. The molecule has 28 heavy (non-hydrogen) atoms. The van der Waals surface area contributed by atoms with Crippen LogP contribution in [0.3, 0.4) is 0 Å². The van der Waals surface area contributed by atoms with Crippen LogP contribution in [0.4, 0.5) is 10.5 Å². The molecule has 2 atom stereocenters. The molecule has 2 amide bonds. The van der Waals surface area contributed by atoms with E-state index in [-0.39, 0.29) is 23.6 Å². The maximum Gasteiger partial charge on any atom is 0.325 e. The minimum absolute atomic E-state index is 0.0243. The molecule has 0 aliphatic carbocycles. The largest absolute Gasteiger partial charge is 0.497 e. The van der Waals surface area contributed by atoms with Crippen LogP contribution in [0.5, 0.6) is 5.75 Å². The van der Waals surface area contributed by atoms with Crippen LogP contribution < -0.4 is 9.64 Å². The monoisotopic (exact) mass is 420 g/mol. The van der Waals surface area contributed by atoms with Crippen molar-refractivity contribution in [2.75, 3.05) is 23.5 Å². The minimum atomic E-state index is -3.22. The Hall–Kier alpha value is -2.25. The maximum absolute atomic E-state index is 13.3. The number of rotatable bonds is 4.